The smallest absolute Gasteiger partial charge is 0.306 e. The molecule has 84 heavy (non-hydrogen) atoms. The summed E-state index contributed by atoms with van der Waals surface area (Å²) in [6.07, 6.45) is 90.3. The first-order valence-corrected chi connectivity index (χ1v) is 36.1. The van der Waals surface area contributed by atoms with Crippen molar-refractivity contribution in [3.05, 3.63) is 109 Å². The molecule has 2 atom stereocenters. The minimum atomic E-state index is -4.66. The zero-order valence-electron chi connectivity index (χ0n) is 55.1. The van der Waals surface area contributed by atoms with E-state index in [0.717, 1.165) is 96.3 Å². The maximum absolute atomic E-state index is 12.8. The first-order valence-electron chi connectivity index (χ1n) is 34.6. The molecule has 0 radical (unpaired) electrons. The van der Waals surface area contributed by atoms with Crippen molar-refractivity contribution in [3.63, 3.8) is 0 Å². The van der Waals surface area contributed by atoms with E-state index in [9.17, 15) is 19.0 Å². The Kier molecular flexibility index (Phi) is 61.6. The van der Waals surface area contributed by atoms with Crippen LogP contribution in [0.5, 0.6) is 0 Å². The summed E-state index contributed by atoms with van der Waals surface area (Å²) in [5.41, 5.74) is 0. The van der Waals surface area contributed by atoms with E-state index in [-0.39, 0.29) is 32.0 Å². The molecular formula is C74H130NO8P. The van der Waals surface area contributed by atoms with E-state index in [1.54, 1.807) is 0 Å². The lowest BCUT2D eigenvalue weighted by Crippen LogP contribution is -2.37. The van der Waals surface area contributed by atoms with Crippen LogP contribution in [0, 0.1) is 0 Å². The van der Waals surface area contributed by atoms with Gasteiger partial charge in [-0.15, -0.1) is 0 Å². The van der Waals surface area contributed by atoms with Crippen LogP contribution < -0.4 is 4.89 Å². The number of hydrogen-bond acceptors (Lipinski definition) is 8. The quantitative estimate of drug-likeness (QED) is 0.0195. The first kappa shape index (κ1) is 80.7. The van der Waals surface area contributed by atoms with Gasteiger partial charge in [-0.1, -0.05) is 290 Å². The molecule has 0 N–H and O–H groups in total. The largest absolute Gasteiger partial charge is 0.756 e. The van der Waals surface area contributed by atoms with Crippen LogP contribution in [0.3, 0.4) is 0 Å². The third-order valence-corrected chi connectivity index (χ3v) is 15.7. The van der Waals surface area contributed by atoms with Gasteiger partial charge in [0.1, 0.15) is 19.8 Å². The number of carbonyl (C=O) groups excluding carboxylic acids is 2. The van der Waals surface area contributed by atoms with Crippen LogP contribution in [0.2, 0.25) is 0 Å². The molecule has 2 unspecified atom stereocenters. The fraction of sp³-hybridized carbons (Fsp3) is 0.730. The molecule has 0 aromatic heterocycles. The van der Waals surface area contributed by atoms with E-state index in [0.29, 0.717) is 17.4 Å². The lowest BCUT2D eigenvalue weighted by atomic mass is 10.0. The van der Waals surface area contributed by atoms with Gasteiger partial charge in [0, 0.05) is 12.8 Å². The van der Waals surface area contributed by atoms with Gasteiger partial charge in [-0.3, -0.25) is 14.2 Å². The van der Waals surface area contributed by atoms with Gasteiger partial charge < -0.3 is 27.9 Å². The van der Waals surface area contributed by atoms with Crippen LogP contribution >= 0.6 is 7.82 Å². The molecule has 0 saturated heterocycles. The van der Waals surface area contributed by atoms with Crippen molar-refractivity contribution in [2.45, 2.75) is 302 Å². The predicted molar refractivity (Wildman–Crippen MR) is 360 cm³/mol. The second-order valence-electron chi connectivity index (χ2n) is 24.2. The molecule has 0 aliphatic heterocycles. The predicted octanol–water partition coefficient (Wildman–Crippen LogP) is 21.9. The molecule has 0 spiro atoms. The van der Waals surface area contributed by atoms with Crippen molar-refractivity contribution in [3.8, 4) is 0 Å². The van der Waals surface area contributed by atoms with Crippen molar-refractivity contribution in [2.75, 3.05) is 47.5 Å². The van der Waals surface area contributed by atoms with Gasteiger partial charge in [-0.2, -0.15) is 0 Å². The fourth-order valence-corrected chi connectivity index (χ4v) is 10.2. The number of likely N-dealkylation sites (N-methyl/N-ethyl adjacent to an activating group) is 1. The van der Waals surface area contributed by atoms with E-state index >= 15 is 0 Å². The number of hydrogen-bond donors (Lipinski definition) is 0. The monoisotopic (exact) mass is 1190 g/mol. The summed E-state index contributed by atoms with van der Waals surface area (Å²) >= 11 is 0. The second kappa shape index (κ2) is 64.2. The number of nitrogens with zero attached hydrogens (tertiary/aromatic N) is 1. The summed E-state index contributed by atoms with van der Waals surface area (Å²) in [4.78, 5) is 38.0. The number of phosphoric ester groups is 1. The molecule has 0 aliphatic carbocycles. The molecule has 0 rings (SSSR count). The van der Waals surface area contributed by atoms with Crippen molar-refractivity contribution in [2.24, 2.45) is 0 Å². The van der Waals surface area contributed by atoms with Crippen molar-refractivity contribution in [1.82, 2.24) is 0 Å². The summed E-state index contributed by atoms with van der Waals surface area (Å²) in [5.74, 6) is -0.859. The minimum absolute atomic E-state index is 0.0407. The summed E-state index contributed by atoms with van der Waals surface area (Å²) in [7, 11) is 1.14. The number of esters is 2. The van der Waals surface area contributed by atoms with Crippen LogP contribution in [0.15, 0.2) is 109 Å². The number of phosphoric acid groups is 1. The number of allylic oxidation sites excluding steroid dienone is 18. The van der Waals surface area contributed by atoms with Crippen LogP contribution in [-0.4, -0.2) is 70.0 Å². The molecule has 0 aromatic carbocycles. The number of unbranched alkanes of at least 4 members (excludes halogenated alkanes) is 31. The molecule has 0 saturated carbocycles. The SMILES string of the molecule is CC/C=C\C/C=C\C/C=C\C/C=C\C/C=C\C/C=C\C/C=C\C/C=C\CCCCCCC(=O)OC(COC(=O)CCCCCCCCCCCCCCCCCCCCC/C=C\CCCCCCCCCC)COP(=O)([O-])OCC[N+](C)(C)C. The zero-order valence-corrected chi connectivity index (χ0v) is 56.0. The molecule has 9 nitrogen and oxygen atoms in total. The lowest BCUT2D eigenvalue weighted by Gasteiger charge is -2.28. The molecule has 10 heteroatoms. The summed E-state index contributed by atoms with van der Waals surface area (Å²) in [5, 5.41) is 0. The molecule has 0 amide bonds. The molecule has 0 bridgehead atoms. The van der Waals surface area contributed by atoms with E-state index in [1.807, 2.05) is 21.1 Å². The Hall–Kier alpha value is -3.33. The second-order valence-corrected chi connectivity index (χ2v) is 25.6. The van der Waals surface area contributed by atoms with Crippen LogP contribution in [0.25, 0.3) is 0 Å². The highest BCUT2D eigenvalue weighted by Crippen LogP contribution is 2.38. The van der Waals surface area contributed by atoms with Crippen LogP contribution in [0.4, 0.5) is 0 Å². The zero-order chi connectivity index (χ0) is 61.2. The van der Waals surface area contributed by atoms with E-state index < -0.39 is 26.5 Å². The Morgan fingerprint density at radius 1 is 0.381 bits per heavy atom. The standard InChI is InChI=1S/C74H130NO8P/c1-6-8-10-12-14-16-18-20-22-24-26-28-30-32-34-36-37-39-40-42-44-46-48-50-52-54-56-58-60-62-64-66-73(76)80-70-72(71-82-84(78,79)81-69-68-75(3,4)5)83-74(77)67-65-63-61-59-57-55-53-51-49-47-45-43-41-38-35-33-31-29-27-25-23-21-19-17-15-13-11-9-7-2/h9,11,15,17,21,23-24,26-27,29,33,35,41,43,47,49,53,55,72H,6-8,10,12-14,16,18-20,22,25,28,30-32,34,36-40,42,44-46,48,50-52,54,56-71H2,1-5H3/b11-9-,17-15-,23-21-,26-24-,29-27-,35-33-,43-41-,49-47-,55-53-. The Bertz CT molecular complexity index is 1790. The highest BCUT2D eigenvalue weighted by Gasteiger charge is 2.22. The van der Waals surface area contributed by atoms with Gasteiger partial charge in [0.2, 0.25) is 0 Å². The number of rotatable bonds is 63. The Labute approximate surface area is 518 Å². The summed E-state index contributed by atoms with van der Waals surface area (Å²) in [6.45, 7) is 4.12. The Morgan fingerprint density at radius 2 is 0.679 bits per heavy atom. The van der Waals surface area contributed by atoms with Crippen molar-refractivity contribution < 1.29 is 42.1 Å². The first-order chi connectivity index (χ1) is 41.0. The fourth-order valence-electron chi connectivity index (χ4n) is 9.49. The van der Waals surface area contributed by atoms with Gasteiger partial charge in [0.15, 0.2) is 6.10 Å². The highest BCUT2D eigenvalue weighted by molar-refractivity contribution is 7.45. The topological polar surface area (TPSA) is 111 Å². The van der Waals surface area contributed by atoms with E-state index in [2.05, 4.69) is 123 Å². The summed E-state index contributed by atoms with van der Waals surface area (Å²) < 4.78 is 34.3. The van der Waals surface area contributed by atoms with Gasteiger partial charge in [0.05, 0.1) is 27.7 Å². The highest BCUT2D eigenvalue weighted by atomic mass is 31.2. The normalized spacial score (nSPS) is 13.8. The van der Waals surface area contributed by atoms with Gasteiger partial charge in [-0.25, -0.2) is 0 Å². The van der Waals surface area contributed by atoms with E-state index in [4.69, 9.17) is 18.5 Å². The maximum Gasteiger partial charge on any atom is 0.306 e. The average Bonchev–Trinajstić information content (AvgIpc) is 3.61. The third kappa shape index (κ3) is 67.8. The molecule has 484 valence electrons. The Morgan fingerprint density at radius 3 is 1.02 bits per heavy atom. The molecule has 0 aromatic rings. The minimum Gasteiger partial charge on any atom is -0.756 e. The van der Waals surface area contributed by atoms with Gasteiger partial charge in [-0.05, 0) is 103 Å². The van der Waals surface area contributed by atoms with Gasteiger partial charge in [0.25, 0.3) is 7.82 Å². The number of ether oxygens (including phenoxy) is 2. The van der Waals surface area contributed by atoms with Crippen LogP contribution in [-0.2, 0) is 32.7 Å². The Balaban J connectivity index is 4.12. The van der Waals surface area contributed by atoms with Gasteiger partial charge >= 0.3 is 11.9 Å². The van der Waals surface area contributed by atoms with Crippen molar-refractivity contribution in [1.29, 1.82) is 0 Å². The lowest BCUT2D eigenvalue weighted by molar-refractivity contribution is -0.870. The third-order valence-electron chi connectivity index (χ3n) is 14.8. The van der Waals surface area contributed by atoms with Crippen LogP contribution in [0.1, 0.15) is 296 Å². The van der Waals surface area contributed by atoms with Crippen molar-refractivity contribution >= 4 is 19.8 Å². The maximum atomic E-state index is 12.8. The number of quaternary nitrogens is 1. The molecular weight excluding hydrogens is 1060 g/mol. The van der Waals surface area contributed by atoms with E-state index in [1.165, 1.54) is 167 Å². The number of carbonyl (C=O) groups is 2. The molecule has 0 fully saturated rings. The average molecular weight is 1190 g/mol. The summed E-state index contributed by atoms with van der Waals surface area (Å²) in [6, 6.07) is 0. The molecule has 0 heterocycles. The molecule has 0 aliphatic rings.